The molecule has 5 nitrogen and oxygen atoms in total. The molecule has 1 aliphatic rings. The van der Waals surface area contributed by atoms with Crippen LogP contribution in [0.5, 0.6) is 5.75 Å². The van der Waals surface area contributed by atoms with Crippen LogP contribution in [0, 0.1) is 6.92 Å². The normalized spacial score (nSPS) is 20.2. The SMILES string of the molecule is COCOc1cnc(C)cc1B1OC(C)(C)C(C)(C)O1. The van der Waals surface area contributed by atoms with Crippen molar-refractivity contribution in [3.63, 3.8) is 0 Å². The van der Waals surface area contributed by atoms with Crippen LogP contribution in [0.4, 0.5) is 0 Å². The van der Waals surface area contributed by atoms with Gasteiger partial charge in [0.1, 0.15) is 5.75 Å². The fraction of sp³-hybridized carbons (Fsp3) is 0.643. The van der Waals surface area contributed by atoms with E-state index in [0.29, 0.717) is 5.75 Å². The lowest BCUT2D eigenvalue weighted by Gasteiger charge is -2.32. The molecule has 0 aromatic carbocycles. The largest absolute Gasteiger partial charge is 0.498 e. The molecule has 2 rings (SSSR count). The Bertz CT molecular complexity index is 474. The molecule has 20 heavy (non-hydrogen) atoms. The summed E-state index contributed by atoms with van der Waals surface area (Å²) in [5.41, 5.74) is 0.966. The molecule has 0 amide bonds. The third kappa shape index (κ3) is 2.82. The Morgan fingerprint density at radius 3 is 2.35 bits per heavy atom. The maximum absolute atomic E-state index is 6.05. The Morgan fingerprint density at radius 1 is 1.20 bits per heavy atom. The summed E-state index contributed by atoms with van der Waals surface area (Å²) in [5, 5.41) is 0. The zero-order chi connectivity index (χ0) is 15.0. The molecule has 0 spiro atoms. The molecule has 0 N–H and O–H groups in total. The standard InChI is InChI=1S/C14H22BNO4/c1-10-7-11(12(8-16-10)18-9-17-6)15-19-13(2,3)14(4,5)20-15/h7-8H,9H2,1-6H3. The molecular weight excluding hydrogens is 257 g/mol. The summed E-state index contributed by atoms with van der Waals surface area (Å²) in [6.45, 7) is 10.2. The van der Waals surface area contributed by atoms with Crippen molar-refractivity contribution in [1.82, 2.24) is 4.98 Å². The third-order valence-corrected chi connectivity index (χ3v) is 3.87. The number of nitrogens with zero attached hydrogens (tertiary/aromatic N) is 1. The van der Waals surface area contributed by atoms with Crippen molar-refractivity contribution >= 4 is 12.6 Å². The van der Waals surface area contributed by atoms with E-state index in [0.717, 1.165) is 11.2 Å². The van der Waals surface area contributed by atoms with Gasteiger partial charge in [-0.05, 0) is 40.7 Å². The maximum atomic E-state index is 6.05. The molecule has 0 atom stereocenters. The molecule has 0 radical (unpaired) electrons. The van der Waals surface area contributed by atoms with Crippen molar-refractivity contribution in [1.29, 1.82) is 0 Å². The van der Waals surface area contributed by atoms with Gasteiger partial charge in [0.25, 0.3) is 0 Å². The summed E-state index contributed by atoms with van der Waals surface area (Å²) in [4.78, 5) is 4.25. The number of methoxy groups -OCH3 is 1. The van der Waals surface area contributed by atoms with E-state index in [1.807, 2.05) is 40.7 Å². The predicted molar refractivity (Wildman–Crippen MR) is 77.2 cm³/mol. The van der Waals surface area contributed by atoms with Crippen molar-refractivity contribution in [3.8, 4) is 5.75 Å². The average molecular weight is 279 g/mol. The number of pyridine rings is 1. The van der Waals surface area contributed by atoms with Gasteiger partial charge in [0.2, 0.25) is 0 Å². The van der Waals surface area contributed by atoms with Crippen molar-refractivity contribution in [3.05, 3.63) is 18.0 Å². The van der Waals surface area contributed by atoms with Crippen LogP contribution in [-0.2, 0) is 14.0 Å². The molecule has 1 aliphatic heterocycles. The van der Waals surface area contributed by atoms with Crippen molar-refractivity contribution in [2.45, 2.75) is 45.8 Å². The number of ether oxygens (including phenoxy) is 2. The van der Waals surface area contributed by atoms with E-state index in [9.17, 15) is 0 Å². The van der Waals surface area contributed by atoms with Gasteiger partial charge in [0.05, 0.1) is 17.4 Å². The summed E-state index contributed by atoms with van der Waals surface area (Å²) in [6.07, 6.45) is 1.68. The molecule has 0 saturated carbocycles. The van der Waals surface area contributed by atoms with Crippen LogP contribution in [0.3, 0.4) is 0 Å². The van der Waals surface area contributed by atoms with E-state index in [1.54, 1.807) is 13.3 Å². The number of hydrogen-bond donors (Lipinski definition) is 0. The molecule has 6 heteroatoms. The predicted octanol–water partition coefficient (Wildman–Crippen LogP) is 1.67. The quantitative estimate of drug-likeness (QED) is 0.620. The minimum absolute atomic E-state index is 0.164. The first-order valence-corrected chi connectivity index (χ1v) is 6.71. The summed E-state index contributed by atoms with van der Waals surface area (Å²) in [5.74, 6) is 0.621. The minimum atomic E-state index is -0.464. The topological polar surface area (TPSA) is 49.8 Å². The summed E-state index contributed by atoms with van der Waals surface area (Å²) in [6, 6.07) is 1.92. The van der Waals surface area contributed by atoms with Crippen molar-refractivity contribution in [2.75, 3.05) is 13.9 Å². The molecule has 1 saturated heterocycles. The van der Waals surface area contributed by atoms with Gasteiger partial charge in [-0.25, -0.2) is 0 Å². The van der Waals surface area contributed by atoms with Gasteiger partial charge in [-0.15, -0.1) is 0 Å². The number of hydrogen-bond acceptors (Lipinski definition) is 5. The molecule has 1 aromatic rings. The average Bonchev–Trinajstić information content (AvgIpc) is 2.57. The highest BCUT2D eigenvalue weighted by atomic mass is 16.7. The van der Waals surface area contributed by atoms with E-state index < -0.39 is 7.12 Å². The molecule has 1 fully saturated rings. The molecular formula is C14H22BNO4. The van der Waals surface area contributed by atoms with Gasteiger partial charge in [-0.2, -0.15) is 0 Å². The minimum Gasteiger partial charge on any atom is -0.466 e. The van der Waals surface area contributed by atoms with Gasteiger partial charge >= 0.3 is 7.12 Å². The number of rotatable bonds is 4. The second kappa shape index (κ2) is 5.35. The lowest BCUT2D eigenvalue weighted by Crippen LogP contribution is -2.41. The van der Waals surface area contributed by atoms with E-state index in [-0.39, 0.29) is 18.0 Å². The van der Waals surface area contributed by atoms with Gasteiger partial charge < -0.3 is 18.8 Å². The van der Waals surface area contributed by atoms with E-state index in [4.69, 9.17) is 18.8 Å². The Morgan fingerprint density at radius 2 is 1.80 bits per heavy atom. The van der Waals surface area contributed by atoms with Crippen LogP contribution < -0.4 is 10.2 Å². The number of aryl methyl sites for hydroxylation is 1. The zero-order valence-corrected chi connectivity index (χ0v) is 13.0. The van der Waals surface area contributed by atoms with Crippen LogP contribution in [0.15, 0.2) is 12.3 Å². The van der Waals surface area contributed by atoms with Crippen LogP contribution in [0.2, 0.25) is 0 Å². The van der Waals surface area contributed by atoms with E-state index in [1.165, 1.54) is 0 Å². The molecule has 1 aromatic heterocycles. The number of aromatic nitrogens is 1. The second-order valence-corrected chi connectivity index (χ2v) is 6.00. The molecule has 110 valence electrons. The summed E-state index contributed by atoms with van der Waals surface area (Å²) in [7, 11) is 1.12. The van der Waals surface area contributed by atoms with E-state index in [2.05, 4.69) is 4.98 Å². The van der Waals surface area contributed by atoms with Crippen LogP contribution in [0.1, 0.15) is 33.4 Å². The highest BCUT2D eigenvalue weighted by Crippen LogP contribution is 2.37. The maximum Gasteiger partial charge on any atom is 0.498 e. The summed E-state index contributed by atoms with van der Waals surface area (Å²) >= 11 is 0. The monoisotopic (exact) mass is 279 g/mol. The molecule has 0 bridgehead atoms. The Balaban J connectivity index is 2.31. The van der Waals surface area contributed by atoms with Gasteiger partial charge in [-0.1, -0.05) is 0 Å². The van der Waals surface area contributed by atoms with E-state index >= 15 is 0 Å². The fourth-order valence-electron chi connectivity index (χ4n) is 1.97. The van der Waals surface area contributed by atoms with Gasteiger partial charge in [-0.3, -0.25) is 4.98 Å². The first kappa shape index (κ1) is 15.3. The van der Waals surface area contributed by atoms with Crippen molar-refractivity contribution < 1.29 is 18.8 Å². The van der Waals surface area contributed by atoms with Crippen LogP contribution >= 0.6 is 0 Å². The van der Waals surface area contributed by atoms with Crippen LogP contribution in [-0.4, -0.2) is 37.2 Å². The molecule has 2 heterocycles. The third-order valence-electron chi connectivity index (χ3n) is 3.87. The fourth-order valence-corrected chi connectivity index (χ4v) is 1.97. The Kier molecular flexibility index (Phi) is 4.09. The highest BCUT2D eigenvalue weighted by molar-refractivity contribution is 6.63. The molecule has 0 aliphatic carbocycles. The zero-order valence-electron chi connectivity index (χ0n) is 13.0. The van der Waals surface area contributed by atoms with Gasteiger partial charge in [0.15, 0.2) is 6.79 Å². The first-order chi connectivity index (χ1) is 9.27. The van der Waals surface area contributed by atoms with Crippen LogP contribution in [0.25, 0.3) is 0 Å². The lowest BCUT2D eigenvalue weighted by atomic mass is 9.78. The Labute approximate surface area is 120 Å². The van der Waals surface area contributed by atoms with Crippen molar-refractivity contribution in [2.24, 2.45) is 0 Å². The highest BCUT2D eigenvalue weighted by Gasteiger charge is 2.52. The second-order valence-electron chi connectivity index (χ2n) is 6.00. The molecule has 0 unspecified atom stereocenters. The smallest absolute Gasteiger partial charge is 0.466 e. The lowest BCUT2D eigenvalue weighted by molar-refractivity contribution is 0.00578. The summed E-state index contributed by atoms with van der Waals surface area (Å²) < 4.78 is 22.6. The Hall–Kier alpha value is -1.11. The van der Waals surface area contributed by atoms with Gasteiger partial charge in [0, 0.05) is 18.3 Å². The first-order valence-electron chi connectivity index (χ1n) is 6.71.